The lowest BCUT2D eigenvalue weighted by atomic mass is 10.5. The lowest BCUT2D eigenvalue weighted by molar-refractivity contribution is 1.60. The quantitative estimate of drug-likeness (QED) is 0.348. The maximum atomic E-state index is 3.52. The molecule has 0 aliphatic heterocycles. The van der Waals surface area contributed by atoms with Gasteiger partial charge in [-0.3, -0.25) is 0 Å². The summed E-state index contributed by atoms with van der Waals surface area (Å²) in [5.41, 5.74) is 0. The average Bonchev–Trinajstić information content (AvgIpc) is 1.41. The van der Waals surface area contributed by atoms with Crippen LogP contribution in [0.5, 0.6) is 0 Å². The van der Waals surface area contributed by atoms with E-state index < -0.39 is 0 Å². The van der Waals surface area contributed by atoms with Crippen LogP contribution in [0.15, 0.2) is 12.7 Å². The molecule has 0 saturated carbocycles. The van der Waals surface area contributed by atoms with E-state index in [1.807, 2.05) is 14.9 Å². The fraction of sp³-hybridized carbons (Fsp3) is 0.250. The zero-order valence-electron chi connectivity index (χ0n) is 3.28. The van der Waals surface area contributed by atoms with Gasteiger partial charge in [-0.15, -0.1) is 15.4 Å². The first kappa shape index (κ1) is 5.04. The third kappa shape index (κ3) is 4.04. The van der Waals surface area contributed by atoms with Crippen molar-refractivity contribution in [3.05, 3.63) is 12.7 Å². The van der Waals surface area contributed by atoms with E-state index in [9.17, 15) is 0 Å². The van der Waals surface area contributed by atoms with Gasteiger partial charge in [-0.05, 0) is 6.42 Å². The summed E-state index contributed by atoms with van der Waals surface area (Å²) in [6, 6.07) is 0. The van der Waals surface area contributed by atoms with Crippen LogP contribution in [0.4, 0.5) is 0 Å². The molecule has 30 valence electrons. The molecule has 0 heterocycles. The van der Waals surface area contributed by atoms with Gasteiger partial charge in [0.1, 0.15) is 0 Å². The van der Waals surface area contributed by atoms with Gasteiger partial charge in [-0.1, -0.05) is 11.9 Å². The SMILES string of the molecule is C=CCC=[PH3]. The molecule has 0 spiro atoms. The van der Waals surface area contributed by atoms with E-state index in [4.69, 9.17) is 0 Å². The van der Waals surface area contributed by atoms with Crippen LogP contribution in [0.25, 0.3) is 0 Å². The van der Waals surface area contributed by atoms with E-state index in [-0.39, 0.29) is 0 Å². The van der Waals surface area contributed by atoms with Crippen LogP contribution in [0, 0.1) is 0 Å². The van der Waals surface area contributed by atoms with Gasteiger partial charge >= 0.3 is 0 Å². The Hall–Kier alpha value is 0.0400. The minimum atomic E-state index is 1.04. The van der Waals surface area contributed by atoms with E-state index in [1.165, 1.54) is 0 Å². The third-order valence-electron chi connectivity index (χ3n) is 0.333. The summed E-state index contributed by atoms with van der Waals surface area (Å²) >= 11 is 0. The Morgan fingerprint density at radius 1 is 1.80 bits per heavy atom. The first-order valence-corrected chi connectivity index (χ1v) is 2.45. The zero-order chi connectivity index (χ0) is 4.12. The van der Waals surface area contributed by atoms with E-state index in [1.54, 1.807) is 0 Å². The first-order valence-electron chi connectivity index (χ1n) is 1.63. The van der Waals surface area contributed by atoms with E-state index in [0.717, 1.165) is 6.42 Å². The van der Waals surface area contributed by atoms with Gasteiger partial charge in [-0.25, -0.2) is 0 Å². The van der Waals surface area contributed by atoms with Crippen molar-refractivity contribution >= 4 is 14.7 Å². The van der Waals surface area contributed by atoms with Gasteiger partial charge in [0.25, 0.3) is 0 Å². The largest absolute Gasteiger partial charge is 0.147 e. The number of allylic oxidation sites excluding steroid dienone is 1. The Morgan fingerprint density at radius 2 is 2.40 bits per heavy atom. The maximum absolute atomic E-state index is 3.52. The molecular weight excluding hydrogens is 79.0 g/mol. The molecule has 0 amide bonds. The summed E-state index contributed by atoms with van der Waals surface area (Å²) in [6.45, 7) is 3.52. The molecule has 5 heavy (non-hydrogen) atoms. The van der Waals surface area contributed by atoms with Crippen molar-refractivity contribution in [2.75, 3.05) is 0 Å². The first-order chi connectivity index (χ1) is 2.41. The van der Waals surface area contributed by atoms with Crippen molar-refractivity contribution in [1.29, 1.82) is 0 Å². The molecule has 0 aromatic heterocycles. The Bertz CT molecular complexity index is 32.9. The minimum absolute atomic E-state index is 1.04. The highest BCUT2D eigenvalue weighted by molar-refractivity contribution is 7.18. The lowest BCUT2D eigenvalue weighted by Gasteiger charge is -1.65. The van der Waals surface area contributed by atoms with Crippen LogP contribution in [-0.2, 0) is 0 Å². The van der Waals surface area contributed by atoms with Crippen LogP contribution in [0.1, 0.15) is 6.42 Å². The fourth-order valence-corrected chi connectivity index (χ4v) is 0.354. The molecule has 0 nitrogen and oxygen atoms in total. The summed E-state index contributed by atoms with van der Waals surface area (Å²) in [5.74, 6) is 2.09. The minimum Gasteiger partial charge on any atom is -0.147 e. The van der Waals surface area contributed by atoms with Crippen molar-refractivity contribution in [2.24, 2.45) is 0 Å². The van der Waals surface area contributed by atoms with Gasteiger partial charge in [-0.2, -0.15) is 0 Å². The maximum Gasteiger partial charge on any atom is -0.0175 e. The average molecular weight is 88.1 g/mol. The molecule has 0 aliphatic rings. The highest BCUT2D eigenvalue weighted by atomic mass is 31.0. The van der Waals surface area contributed by atoms with Gasteiger partial charge in [0.15, 0.2) is 0 Å². The van der Waals surface area contributed by atoms with Crippen molar-refractivity contribution in [3.8, 4) is 0 Å². The van der Waals surface area contributed by atoms with Crippen LogP contribution in [0.2, 0.25) is 0 Å². The second-order valence-electron chi connectivity index (χ2n) is 0.813. The standard InChI is InChI=1S/C4H9P/c1-2-3-4-5/h2,4H,1,3H2,5H3. The van der Waals surface area contributed by atoms with Gasteiger partial charge in [0, 0.05) is 0 Å². The summed E-state index contributed by atoms with van der Waals surface area (Å²) in [4.78, 5) is 0. The summed E-state index contributed by atoms with van der Waals surface area (Å²) in [6.07, 6.45) is 2.92. The van der Waals surface area contributed by atoms with Gasteiger partial charge < -0.3 is 0 Å². The third-order valence-corrected chi connectivity index (χ3v) is 0.667. The Balaban J connectivity index is 2.65. The fourth-order valence-electron chi connectivity index (χ4n) is 0.118. The zero-order valence-corrected chi connectivity index (χ0v) is 4.69. The molecule has 0 radical (unpaired) electrons. The number of rotatable bonds is 2. The van der Waals surface area contributed by atoms with Crippen LogP contribution >= 0.6 is 8.86 Å². The predicted octanol–water partition coefficient (Wildman–Crippen LogP) is 0.972. The number of hydrogen-bond acceptors (Lipinski definition) is 0. The lowest BCUT2D eigenvalue weighted by Crippen LogP contribution is -1.53. The van der Waals surface area contributed by atoms with Crippen LogP contribution in [0.3, 0.4) is 0 Å². The topological polar surface area (TPSA) is 0 Å². The van der Waals surface area contributed by atoms with Crippen LogP contribution in [-0.4, -0.2) is 5.80 Å². The molecule has 0 saturated heterocycles. The second kappa shape index (κ2) is 4.04. The van der Waals surface area contributed by atoms with Crippen molar-refractivity contribution in [3.63, 3.8) is 0 Å². The Labute approximate surface area is 34.7 Å². The van der Waals surface area contributed by atoms with E-state index >= 15 is 0 Å². The second-order valence-corrected chi connectivity index (χ2v) is 1.39. The molecule has 0 fully saturated rings. The summed E-state index contributed by atoms with van der Waals surface area (Å²) < 4.78 is 0. The molecule has 0 bridgehead atoms. The highest BCUT2D eigenvalue weighted by Crippen LogP contribution is 1.70. The molecule has 1 unspecified atom stereocenters. The Morgan fingerprint density at radius 3 is 2.40 bits per heavy atom. The summed E-state index contributed by atoms with van der Waals surface area (Å²) in [7, 11) is 1.85. The summed E-state index contributed by atoms with van der Waals surface area (Å²) in [5, 5.41) is 0. The van der Waals surface area contributed by atoms with Crippen molar-refractivity contribution in [2.45, 2.75) is 6.42 Å². The van der Waals surface area contributed by atoms with Crippen molar-refractivity contribution < 1.29 is 0 Å². The molecule has 1 heteroatoms. The monoisotopic (exact) mass is 88.0 g/mol. The molecule has 0 N–H and O–H groups in total. The highest BCUT2D eigenvalue weighted by Gasteiger charge is 1.52. The normalized spacial score (nSPS) is 7.20. The van der Waals surface area contributed by atoms with Gasteiger partial charge in [0.2, 0.25) is 0 Å². The molecule has 0 aliphatic carbocycles. The smallest absolute Gasteiger partial charge is 0.0175 e. The molecular formula is C4H9P. The Kier molecular flexibility index (Phi) is 4.07. The van der Waals surface area contributed by atoms with Crippen molar-refractivity contribution in [1.82, 2.24) is 0 Å². The van der Waals surface area contributed by atoms with Crippen LogP contribution < -0.4 is 0 Å². The molecule has 1 atom stereocenters. The molecule has 0 aromatic carbocycles. The molecule has 0 rings (SSSR count). The van der Waals surface area contributed by atoms with E-state index in [0.29, 0.717) is 0 Å². The van der Waals surface area contributed by atoms with E-state index in [2.05, 4.69) is 12.4 Å². The predicted molar refractivity (Wildman–Crippen MR) is 32.0 cm³/mol. The number of hydrogen-bond donors (Lipinski definition) is 0. The van der Waals surface area contributed by atoms with Gasteiger partial charge in [0.05, 0.1) is 0 Å². The molecule has 0 aromatic rings.